The largest absolute Gasteiger partial charge is 0.496 e. The van der Waals surface area contributed by atoms with E-state index in [4.69, 9.17) is 4.74 Å². The topological polar surface area (TPSA) is 79.5 Å². The molecule has 2 rings (SSSR count). The van der Waals surface area contributed by atoms with Crippen LogP contribution in [0, 0.1) is 5.92 Å². The van der Waals surface area contributed by atoms with Gasteiger partial charge in [-0.05, 0) is 44.4 Å². The van der Waals surface area contributed by atoms with Gasteiger partial charge in [0.2, 0.25) is 5.91 Å². The van der Waals surface area contributed by atoms with Gasteiger partial charge in [-0.2, -0.15) is 0 Å². The molecule has 1 aliphatic heterocycles. The van der Waals surface area contributed by atoms with E-state index in [0.717, 1.165) is 19.4 Å². The molecule has 0 radical (unpaired) electrons. The van der Waals surface area contributed by atoms with Gasteiger partial charge in [0.1, 0.15) is 11.8 Å². The number of hydrogen-bond acceptors (Lipinski definition) is 4. The van der Waals surface area contributed by atoms with Crippen LogP contribution in [0.4, 0.5) is 0 Å². The van der Waals surface area contributed by atoms with Gasteiger partial charge in [-0.1, -0.05) is 26.0 Å². The summed E-state index contributed by atoms with van der Waals surface area (Å²) < 4.78 is 5.23. The number of nitrogens with one attached hydrogen (secondary N) is 3. The lowest BCUT2D eigenvalue weighted by Gasteiger charge is -2.32. The Morgan fingerprint density at radius 3 is 2.58 bits per heavy atom. The zero-order valence-corrected chi connectivity index (χ0v) is 16.7. The highest BCUT2D eigenvalue weighted by atomic mass is 35.5. The number of amides is 2. The van der Waals surface area contributed by atoms with E-state index in [2.05, 4.69) is 22.9 Å². The van der Waals surface area contributed by atoms with Gasteiger partial charge in [0.25, 0.3) is 5.91 Å². The molecule has 3 N–H and O–H groups in total. The van der Waals surface area contributed by atoms with Crippen LogP contribution >= 0.6 is 12.4 Å². The number of halogens is 1. The zero-order valence-electron chi connectivity index (χ0n) is 15.9. The van der Waals surface area contributed by atoms with Crippen LogP contribution in [0.3, 0.4) is 0 Å². The summed E-state index contributed by atoms with van der Waals surface area (Å²) in [5.41, 5.74) is 0.427. The Morgan fingerprint density at radius 2 is 1.96 bits per heavy atom. The number of para-hydroxylation sites is 1. The molecule has 3 unspecified atom stereocenters. The molecule has 1 aliphatic rings. The summed E-state index contributed by atoms with van der Waals surface area (Å²) in [7, 11) is 1.52. The van der Waals surface area contributed by atoms with Crippen LogP contribution in [0.2, 0.25) is 0 Å². The van der Waals surface area contributed by atoms with Gasteiger partial charge < -0.3 is 20.7 Å². The van der Waals surface area contributed by atoms with Crippen molar-refractivity contribution in [3.05, 3.63) is 29.8 Å². The summed E-state index contributed by atoms with van der Waals surface area (Å²) >= 11 is 0. The maximum atomic E-state index is 12.7. The number of benzene rings is 1. The van der Waals surface area contributed by atoms with E-state index >= 15 is 0 Å². The Kier molecular flexibility index (Phi) is 8.88. The van der Waals surface area contributed by atoms with Crippen LogP contribution < -0.4 is 20.7 Å². The maximum Gasteiger partial charge on any atom is 0.255 e. The first-order valence-electron chi connectivity index (χ1n) is 8.91. The Hall–Kier alpha value is -1.79. The minimum atomic E-state index is -0.591. The van der Waals surface area contributed by atoms with Crippen molar-refractivity contribution in [1.29, 1.82) is 0 Å². The molecule has 1 fully saturated rings. The summed E-state index contributed by atoms with van der Waals surface area (Å²) in [5, 5.41) is 9.32. The second-order valence-electron chi connectivity index (χ2n) is 6.90. The fourth-order valence-corrected chi connectivity index (χ4v) is 3.10. The molecule has 0 spiro atoms. The first-order valence-corrected chi connectivity index (χ1v) is 8.91. The molecular weight excluding hydrogens is 354 g/mol. The van der Waals surface area contributed by atoms with Gasteiger partial charge >= 0.3 is 0 Å². The third kappa shape index (κ3) is 5.61. The minimum Gasteiger partial charge on any atom is -0.496 e. The first-order chi connectivity index (χ1) is 11.9. The van der Waals surface area contributed by atoms with E-state index in [1.165, 1.54) is 7.11 Å². The molecule has 0 aromatic heterocycles. The highest BCUT2D eigenvalue weighted by molar-refractivity contribution is 5.99. The second kappa shape index (κ2) is 10.4. The van der Waals surface area contributed by atoms with E-state index in [0.29, 0.717) is 11.3 Å². The molecule has 1 aromatic rings. The summed E-state index contributed by atoms with van der Waals surface area (Å²) in [4.78, 5) is 25.4. The van der Waals surface area contributed by atoms with Crippen LogP contribution in [-0.4, -0.2) is 43.6 Å². The average Bonchev–Trinajstić information content (AvgIpc) is 2.60. The summed E-state index contributed by atoms with van der Waals surface area (Å²) in [5.74, 6) is 0.0263. The molecule has 3 atom stereocenters. The van der Waals surface area contributed by atoms with Crippen molar-refractivity contribution in [3.63, 3.8) is 0 Å². The lowest BCUT2D eigenvalue weighted by atomic mass is 9.97. The van der Waals surface area contributed by atoms with Gasteiger partial charge in [-0.25, -0.2) is 0 Å². The molecule has 0 aliphatic carbocycles. The third-order valence-electron chi connectivity index (χ3n) is 4.68. The monoisotopic (exact) mass is 383 g/mol. The van der Waals surface area contributed by atoms with Gasteiger partial charge in [-0.15, -0.1) is 12.4 Å². The molecule has 2 amide bonds. The number of piperidine rings is 1. The fraction of sp³-hybridized carbons (Fsp3) is 0.579. The van der Waals surface area contributed by atoms with Crippen molar-refractivity contribution >= 4 is 24.2 Å². The Morgan fingerprint density at radius 1 is 1.27 bits per heavy atom. The number of methoxy groups -OCH3 is 1. The van der Waals surface area contributed by atoms with Crippen molar-refractivity contribution in [2.45, 2.75) is 51.7 Å². The zero-order chi connectivity index (χ0) is 18.4. The van der Waals surface area contributed by atoms with Crippen molar-refractivity contribution in [2.24, 2.45) is 5.92 Å². The van der Waals surface area contributed by atoms with E-state index < -0.39 is 6.04 Å². The van der Waals surface area contributed by atoms with Crippen LogP contribution in [0.1, 0.15) is 44.0 Å². The first kappa shape index (κ1) is 22.3. The minimum absolute atomic E-state index is 0. The van der Waals surface area contributed by atoms with Crippen molar-refractivity contribution in [3.8, 4) is 5.75 Å². The van der Waals surface area contributed by atoms with Gasteiger partial charge in [-0.3, -0.25) is 9.59 Å². The molecular formula is C19H30ClN3O3. The molecule has 7 heteroatoms. The lowest BCUT2D eigenvalue weighted by Crippen LogP contribution is -2.57. The summed E-state index contributed by atoms with van der Waals surface area (Å²) in [6, 6.07) is 6.73. The lowest BCUT2D eigenvalue weighted by molar-refractivity contribution is -0.125. The van der Waals surface area contributed by atoms with Crippen molar-refractivity contribution in [1.82, 2.24) is 16.0 Å². The predicted octanol–water partition coefficient (Wildman–Crippen LogP) is 2.13. The summed E-state index contributed by atoms with van der Waals surface area (Å²) in [6.45, 7) is 6.90. The fourth-order valence-electron chi connectivity index (χ4n) is 3.10. The van der Waals surface area contributed by atoms with Gasteiger partial charge in [0.05, 0.1) is 12.7 Å². The molecule has 0 saturated carbocycles. The van der Waals surface area contributed by atoms with E-state index in [9.17, 15) is 9.59 Å². The predicted molar refractivity (Wildman–Crippen MR) is 105 cm³/mol. The Labute approximate surface area is 161 Å². The van der Waals surface area contributed by atoms with E-state index in [1.807, 2.05) is 13.8 Å². The van der Waals surface area contributed by atoms with E-state index in [1.54, 1.807) is 24.3 Å². The van der Waals surface area contributed by atoms with Gasteiger partial charge in [0, 0.05) is 12.1 Å². The highest BCUT2D eigenvalue weighted by Crippen LogP contribution is 2.18. The van der Waals surface area contributed by atoms with E-state index in [-0.39, 0.29) is 42.2 Å². The van der Waals surface area contributed by atoms with Gasteiger partial charge in [0.15, 0.2) is 0 Å². The molecule has 6 nitrogen and oxygen atoms in total. The van der Waals surface area contributed by atoms with Crippen molar-refractivity contribution < 1.29 is 14.3 Å². The standard InChI is InChI=1S/C19H29N3O3.ClH/c1-12(2)17(19(24)21-15-9-7-11-20-13(15)3)22-18(23)14-8-5-6-10-16(14)25-4;/h5-6,8,10,12-13,15,17,20H,7,9,11H2,1-4H3,(H,21,24)(H,22,23);1H. The molecule has 1 saturated heterocycles. The number of carbonyl (C=O) groups is 2. The SMILES string of the molecule is COc1ccccc1C(=O)NC(C(=O)NC1CCCNC1C)C(C)C.Cl. The molecule has 146 valence electrons. The smallest absolute Gasteiger partial charge is 0.255 e. The molecule has 1 aromatic carbocycles. The Bertz CT molecular complexity index is 609. The quantitative estimate of drug-likeness (QED) is 0.703. The van der Waals surface area contributed by atoms with Crippen LogP contribution in [0.5, 0.6) is 5.75 Å². The average molecular weight is 384 g/mol. The van der Waals surface area contributed by atoms with Crippen LogP contribution in [0.15, 0.2) is 24.3 Å². The molecule has 1 heterocycles. The number of ether oxygens (including phenoxy) is 1. The normalized spacial score (nSPS) is 20.7. The van der Waals surface area contributed by atoms with Crippen LogP contribution in [0.25, 0.3) is 0 Å². The van der Waals surface area contributed by atoms with Crippen LogP contribution in [-0.2, 0) is 4.79 Å². The number of hydrogen-bond donors (Lipinski definition) is 3. The number of rotatable bonds is 6. The Balaban J connectivity index is 0.00000338. The van der Waals surface area contributed by atoms with Crippen molar-refractivity contribution in [2.75, 3.05) is 13.7 Å². The maximum absolute atomic E-state index is 12.7. The summed E-state index contributed by atoms with van der Waals surface area (Å²) in [6.07, 6.45) is 1.99. The highest BCUT2D eigenvalue weighted by Gasteiger charge is 2.29. The molecule has 0 bridgehead atoms. The third-order valence-corrected chi connectivity index (χ3v) is 4.68. The number of carbonyl (C=O) groups excluding carboxylic acids is 2. The second-order valence-corrected chi connectivity index (χ2v) is 6.90. The molecule has 26 heavy (non-hydrogen) atoms.